The summed E-state index contributed by atoms with van der Waals surface area (Å²) < 4.78 is 4.88. The first-order valence-corrected chi connectivity index (χ1v) is 7.78. The molecule has 1 unspecified atom stereocenters. The van der Waals surface area contributed by atoms with Gasteiger partial charge in [-0.3, -0.25) is 0 Å². The minimum atomic E-state index is -0.320. The molecule has 1 aromatic heterocycles. The highest BCUT2D eigenvalue weighted by Gasteiger charge is 2.22. The van der Waals surface area contributed by atoms with Gasteiger partial charge in [0.1, 0.15) is 11.4 Å². The standard InChI is InChI=1S/C16H25N3O2/c1-3-4-11-19(12-13-7-5-9-17-13)15-14(16(20)21-2)8-6-10-18-15/h6,8,10,13,17H,3-5,7,9,11-12H2,1-2H3. The number of methoxy groups -OCH3 is 1. The van der Waals surface area contributed by atoms with Crippen molar-refractivity contribution in [1.29, 1.82) is 0 Å². The maximum absolute atomic E-state index is 11.9. The summed E-state index contributed by atoms with van der Waals surface area (Å²) >= 11 is 0. The third kappa shape index (κ3) is 4.17. The highest BCUT2D eigenvalue weighted by atomic mass is 16.5. The lowest BCUT2D eigenvalue weighted by Gasteiger charge is -2.28. The van der Waals surface area contributed by atoms with Crippen LogP contribution in [0.2, 0.25) is 0 Å². The van der Waals surface area contributed by atoms with Crippen molar-refractivity contribution < 1.29 is 9.53 Å². The second-order valence-corrected chi connectivity index (χ2v) is 5.46. The molecule has 1 aliphatic heterocycles. The lowest BCUT2D eigenvalue weighted by atomic mass is 10.1. The van der Waals surface area contributed by atoms with Gasteiger partial charge in [0, 0.05) is 25.3 Å². The summed E-state index contributed by atoms with van der Waals surface area (Å²) in [5.74, 6) is 0.422. The molecule has 0 aromatic carbocycles. The van der Waals surface area contributed by atoms with Crippen molar-refractivity contribution in [2.45, 2.75) is 38.6 Å². The number of aromatic nitrogens is 1. The van der Waals surface area contributed by atoms with E-state index in [0.717, 1.165) is 38.3 Å². The predicted octanol–water partition coefficient (Wildman–Crippen LogP) is 2.23. The Morgan fingerprint density at radius 3 is 3.10 bits per heavy atom. The number of esters is 1. The van der Waals surface area contributed by atoms with Crippen LogP contribution in [0, 0.1) is 0 Å². The van der Waals surface area contributed by atoms with E-state index in [1.165, 1.54) is 20.0 Å². The molecular formula is C16H25N3O2. The molecular weight excluding hydrogens is 266 g/mol. The fourth-order valence-electron chi connectivity index (χ4n) is 2.73. The SMILES string of the molecule is CCCCN(CC1CCCN1)c1ncccc1C(=O)OC. The van der Waals surface area contributed by atoms with E-state index in [2.05, 4.69) is 22.1 Å². The molecule has 0 bridgehead atoms. The zero-order chi connectivity index (χ0) is 15.1. The van der Waals surface area contributed by atoms with Gasteiger partial charge in [-0.15, -0.1) is 0 Å². The number of anilines is 1. The summed E-state index contributed by atoms with van der Waals surface area (Å²) in [5.41, 5.74) is 0.550. The van der Waals surface area contributed by atoms with E-state index >= 15 is 0 Å². The molecule has 5 heteroatoms. The summed E-state index contributed by atoms with van der Waals surface area (Å²) in [6.07, 6.45) is 6.35. The first-order chi connectivity index (χ1) is 10.3. The van der Waals surface area contributed by atoms with Gasteiger partial charge in [0.05, 0.1) is 7.11 Å². The average Bonchev–Trinajstić information content (AvgIpc) is 3.03. The molecule has 2 heterocycles. The number of carbonyl (C=O) groups excluding carboxylic acids is 1. The monoisotopic (exact) mass is 291 g/mol. The summed E-state index contributed by atoms with van der Waals surface area (Å²) in [7, 11) is 1.41. The van der Waals surface area contributed by atoms with E-state index in [1.54, 1.807) is 18.3 Å². The normalized spacial score (nSPS) is 17.7. The van der Waals surface area contributed by atoms with Crippen LogP contribution in [-0.2, 0) is 4.74 Å². The fourth-order valence-corrected chi connectivity index (χ4v) is 2.73. The highest BCUT2D eigenvalue weighted by Crippen LogP contribution is 2.20. The smallest absolute Gasteiger partial charge is 0.341 e. The minimum Gasteiger partial charge on any atom is -0.465 e. The van der Waals surface area contributed by atoms with Crippen molar-refractivity contribution in [2.75, 3.05) is 31.6 Å². The molecule has 1 atom stereocenters. The molecule has 2 rings (SSSR count). The molecule has 0 amide bonds. The Hall–Kier alpha value is -1.62. The van der Waals surface area contributed by atoms with Gasteiger partial charge in [0.2, 0.25) is 0 Å². The van der Waals surface area contributed by atoms with Crippen LogP contribution in [0.3, 0.4) is 0 Å². The Kier molecular flexibility index (Phi) is 5.99. The van der Waals surface area contributed by atoms with Crippen molar-refractivity contribution >= 4 is 11.8 Å². The van der Waals surface area contributed by atoms with Crippen LogP contribution in [-0.4, -0.2) is 43.7 Å². The van der Waals surface area contributed by atoms with Gasteiger partial charge in [-0.25, -0.2) is 9.78 Å². The number of hydrogen-bond donors (Lipinski definition) is 1. The van der Waals surface area contributed by atoms with Crippen LogP contribution in [0.5, 0.6) is 0 Å². The number of unbranched alkanes of at least 4 members (excludes halogenated alkanes) is 1. The maximum Gasteiger partial charge on any atom is 0.341 e. The molecule has 21 heavy (non-hydrogen) atoms. The van der Waals surface area contributed by atoms with Crippen LogP contribution in [0.1, 0.15) is 43.0 Å². The van der Waals surface area contributed by atoms with E-state index in [-0.39, 0.29) is 5.97 Å². The first-order valence-electron chi connectivity index (χ1n) is 7.78. The van der Waals surface area contributed by atoms with Crippen molar-refractivity contribution in [3.63, 3.8) is 0 Å². The average molecular weight is 291 g/mol. The summed E-state index contributed by atoms with van der Waals surface area (Å²) in [6.45, 7) is 5.06. The van der Waals surface area contributed by atoms with E-state index < -0.39 is 0 Å². The molecule has 0 saturated carbocycles. The number of pyridine rings is 1. The maximum atomic E-state index is 11.9. The Bertz CT molecular complexity index is 459. The second-order valence-electron chi connectivity index (χ2n) is 5.46. The van der Waals surface area contributed by atoms with Gasteiger partial charge < -0.3 is 15.0 Å². The van der Waals surface area contributed by atoms with Gasteiger partial charge in [0.25, 0.3) is 0 Å². The van der Waals surface area contributed by atoms with Crippen LogP contribution < -0.4 is 10.2 Å². The quantitative estimate of drug-likeness (QED) is 0.781. The largest absolute Gasteiger partial charge is 0.465 e. The highest BCUT2D eigenvalue weighted by molar-refractivity contribution is 5.94. The van der Waals surface area contributed by atoms with E-state index in [1.807, 2.05) is 0 Å². The molecule has 1 fully saturated rings. The van der Waals surface area contributed by atoms with Crippen LogP contribution in [0.4, 0.5) is 5.82 Å². The number of hydrogen-bond acceptors (Lipinski definition) is 5. The Morgan fingerprint density at radius 1 is 1.57 bits per heavy atom. The van der Waals surface area contributed by atoms with E-state index in [9.17, 15) is 4.79 Å². The van der Waals surface area contributed by atoms with E-state index in [4.69, 9.17) is 4.74 Å². The number of nitrogens with zero attached hydrogens (tertiary/aromatic N) is 2. The predicted molar refractivity (Wildman–Crippen MR) is 83.7 cm³/mol. The molecule has 116 valence electrons. The summed E-state index contributed by atoms with van der Waals surface area (Å²) in [4.78, 5) is 18.6. The first kappa shape index (κ1) is 15.8. The van der Waals surface area contributed by atoms with Crippen molar-refractivity contribution in [1.82, 2.24) is 10.3 Å². The molecule has 5 nitrogen and oxygen atoms in total. The topological polar surface area (TPSA) is 54.5 Å². The lowest BCUT2D eigenvalue weighted by Crippen LogP contribution is -2.39. The van der Waals surface area contributed by atoms with Crippen molar-refractivity contribution in [2.24, 2.45) is 0 Å². The van der Waals surface area contributed by atoms with Crippen LogP contribution >= 0.6 is 0 Å². The van der Waals surface area contributed by atoms with Gasteiger partial charge in [0.15, 0.2) is 0 Å². The molecule has 1 aromatic rings. The number of nitrogens with one attached hydrogen (secondary N) is 1. The molecule has 1 aliphatic rings. The Labute approximate surface area is 126 Å². The molecule has 0 aliphatic carbocycles. The van der Waals surface area contributed by atoms with Crippen LogP contribution in [0.25, 0.3) is 0 Å². The molecule has 1 N–H and O–H groups in total. The zero-order valence-electron chi connectivity index (χ0n) is 13.0. The fraction of sp³-hybridized carbons (Fsp3) is 0.625. The third-order valence-electron chi connectivity index (χ3n) is 3.88. The van der Waals surface area contributed by atoms with E-state index in [0.29, 0.717) is 11.6 Å². The Balaban J connectivity index is 2.20. The van der Waals surface area contributed by atoms with Gasteiger partial charge in [-0.1, -0.05) is 13.3 Å². The van der Waals surface area contributed by atoms with Crippen molar-refractivity contribution in [3.05, 3.63) is 23.9 Å². The Morgan fingerprint density at radius 2 is 2.43 bits per heavy atom. The second kappa shape index (κ2) is 7.98. The molecule has 0 radical (unpaired) electrons. The minimum absolute atomic E-state index is 0.320. The number of carbonyl (C=O) groups is 1. The van der Waals surface area contributed by atoms with Gasteiger partial charge >= 0.3 is 5.97 Å². The zero-order valence-corrected chi connectivity index (χ0v) is 13.0. The lowest BCUT2D eigenvalue weighted by molar-refractivity contribution is 0.0601. The number of rotatable bonds is 7. The molecule has 1 saturated heterocycles. The van der Waals surface area contributed by atoms with Gasteiger partial charge in [-0.2, -0.15) is 0 Å². The number of ether oxygens (including phenoxy) is 1. The summed E-state index contributed by atoms with van der Waals surface area (Å²) in [5, 5.41) is 3.51. The third-order valence-corrected chi connectivity index (χ3v) is 3.88. The summed E-state index contributed by atoms with van der Waals surface area (Å²) in [6, 6.07) is 4.05. The van der Waals surface area contributed by atoms with Crippen molar-refractivity contribution in [3.8, 4) is 0 Å². The molecule has 0 spiro atoms. The van der Waals surface area contributed by atoms with Crippen LogP contribution in [0.15, 0.2) is 18.3 Å². The van der Waals surface area contributed by atoms with Gasteiger partial charge in [-0.05, 0) is 37.9 Å².